The van der Waals surface area contributed by atoms with Crippen molar-refractivity contribution < 1.29 is 9.47 Å². The molecule has 0 aliphatic heterocycles. The van der Waals surface area contributed by atoms with Crippen LogP contribution >= 0.6 is 0 Å². The summed E-state index contributed by atoms with van der Waals surface area (Å²) >= 11 is 0. The first-order chi connectivity index (χ1) is 6.28. The number of methoxy groups -OCH3 is 2. The van der Waals surface area contributed by atoms with Crippen molar-refractivity contribution >= 4 is 0 Å². The Morgan fingerprint density at radius 1 is 1.38 bits per heavy atom. The molecule has 4 nitrogen and oxygen atoms in total. The first-order valence-electron chi connectivity index (χ1n) is 4.43. The summed E-state index contributed by atoms with van der Waals surface area (Å²) in [5.41, 5.74) is 0. The molecular formula is C9H18N2O2. The first-order valence-corrected chi connectivity index (χ1v) is 4.43. The SMILES string of the molecule is CCN(CCC#N)CC(OC)OC. The maximum Gasteiger partial charge on any atom is 0.169 e. The van der Waals surface area contributed by atoms with E-state index in [1.165, 1.54) is 0 Å². The van der Waals surface area contributed by atoms with Gasteiger partial charge in [-0.3, -0.25) is 4.90 Å². The summed E-state index contributed by atoms with van der Waals surface area (Å²) in [6.45, 7) is 4.45. The predicted octanol–water partition coefficient (Wildman–Crippen LogP) is 0.841. The molecule has 0 rings (SSSR count). The summed E-state index contributed by atoms with van der Waals surface area (Å²) in [4.78, 5) is 2.13. The Kier molecular flexibility index (Phi) is 7.60. The lowest BCUT2D eigenvalue weighted by Gasteiger charge is -2.23. The van der Waals surface area contributed by atoms with Crippen LogP contribution in [0.4, 0.5) is 0 Å². The molecule has 76 valence electrons. The fourth-order valence-electron chi connectivity index (χ4n) is 1.04. The largest absolute Gasteiger partial charge is 0.355 e. The third-order valence-electron chi connectivity index (χ3n) is 1.92. The second kappa shape index (κ2) is 7.99. The average molecular weight is 186 g/mol. The molecule has 0 radical (unpaired) electrons. The van der Waals surface area contributed by atoms with Crippen LogP contribution in [0.1, 0.15) is 13.3 Å². The van der Waals surface area contributed by atoms with Gasteiger partial charge in [0.2, 0.25) is 0 Å². The van der Waals surface area contributed by atoms with Crippen LogP contribution in [0.3, 0.4) is 0 Å². The zero-order valence-corrected chi connectivity index (χ0v) is 8.62. The molecule has 0 bridgehead atoms. The van der Waals surface area contributed by atoms with Gasteiger partial charge in [0.1, 0.15) is 0 Å². The van der Waals surface area contributed by atoms with Gasteiger partial charge in [-0.25, -0.2) is 0 Å². The van der Waals surface area contributed by atoms with Crippen molar-refractivity contribution in [2.75, 3.05) is 33.9 Å². The lowest BCUT2D eigenvalue weighted by atomic mass is 10.4. The lowest BCUT2D eigenvalue weighted by Crippen LogP contribution is -2.35. The van der Waals surface area contributed by atoms with Crippen LogP contribution in [0.25, 0.3) is 0 Å². The molecule has 0 unspecified atom stereocenters. The van der Waals surface area contributed by atoms with E-state index in [1.54, 1.807) is 14.2 Å². The van der Waals surface area contributed by atoms with Crippen molar-refractivity contribution in [1.82, 2.24) is 4.90 Å². The van der Waals surface area contributed by atoms with Crippen LogP contribution in [0.5, 0.6) is 0 Å². The van der Waals surface area contributed by atoms with Crippen molar-refractivity contribution in [3.05, 3.63) is 0 Å². The second-order valence-corrected chi connectivity index (χ2v) is 2.70. The highest BCUT2D eigenvalue weighted by molar-refractivity contribution is 4.72. The van der Waals surface area contributed by atoms with Crippen molar-refractivity contribution in [2.45, 2.75) is 19.6 Å². The smallest absolute Gasteiger partial charge is 0.169 e. The Hall–Kier alpha value is -0.630. The molecule has 0 aromatic carbocycles. The summed E-state index contributed by atoms with van der Waals surface area (Å²) in [5, 5.41) is 8.42. The minimum absolute atomic E-state index is 0.196. The highest BCUT2D eigenvalue weighted by atomic mass is 16.7. The number of ether oxygens (including phenoxy) is 2. The molecule has 0 fully saturated rings. The van der Waals surface area contributed by atoms with E-state index in [1.807, 2.05) is 0 Å². The van der Waals surface area contributed by atoms with Gasteiger partial charge in [0.05, 0.1) is 6.07 Å². The summed E-state index contributed by atoms with van der Waals surface area (Å²) in [6.07, 6.45) is 0.354. The van der Waals surface area contributed by atoms with Crippen molar-refractivity contribution in [1.29, 1.82) is 5.26 Å². The number of rotatable bonds is 7. The number of hydrogen-bond donors (Lipinski definition) is 0. The minimum Gasteiger partial charge on any atom is -0.355 e. The van der Waals surface area contributed by atoms with E-state index in [2.05, 4.69) is 17.9 Å². The van der Waals surface area contributed by atoms with Gasteiger partial charge in [-0.2, -0.15) is 5.26 Å². The van der Waals surface area contributed by atoms with Gasteiger partial charge in [-0.15, -0.1) is 0 Å². The highest BCUT2D eigenvalue weighted by Crippen LogP contribution is 1.97. The summed E-state index contributed by atoms with van der Waals surface area (Å²) in [6, 6.07) is 2.12. The maximum atomic E-state index is 8.42. The summed E-state index contributed by atoms with van der Waals surface area (Å²) < 4.78 is 10.1. The van der Waals surface area contributed by atoms with E-state index in [4.69, 9.17) is 14.7 Å². The molecule has 0 aromatic heterocycles. The Balaban J connectivity index is 3.75. The molecule has 0 aliphatic rings. The molecule has 0 saturated heterocycles. The number of nitriles is 1. The van der Waals surface area contributed by atoms with E-state index >= 15 is 0 Å². The summed E-state index contributed by atoms with van der Waals surface area (Å²) in [7, 11) is 3.23. The fraction of sp³-hybridized carbons (Fsp3) is 0.889. The zero-order chi connectivity index (χ0) is 10.1. The number of likely N-dealkylation sites (N-methyl/N-ethyl adjacent to an activating group) is 1. The molecule has 0 atom stereocenters. The van der Waals surface area contributed by atoms with Gasteiger partial charge in [0.25, 0.3) is 0 Å². The fourth-order valence-corrected chi connectivity index (χ4v) is 1.04. The summed E-state index contributed by atoms with van der Waals surface area (Å²) in [5.74, 6) is 0. The molecule has 4 heteroatoms. The molecular weight excluding hydrogens is 168 g/mol. The minimum atomic E-state index is -0.196. The van der Waals surface area contributed by atoms with Gasteiger partial charge >= 0.3 is 0 Å². The Morgan fingerprint density at radius 3 is 2.38 bits per heavy atom. The Morgan fingerprint density at radius 2 is 2.00 bits per heavy atom. The van der Waals surface area contributed by atoms with Gasteiger partial charge in [0.15, 0.2) is 6.29 Å². The van der Waals surface area contributed by atoms with E-state index in [9.17, 15) is 0 Å². The van der Waals surface area contributed by atoms with Gasteiger partial charge < -0.3 is 9.47 Å². The molecule has 0 N–H and O–H groups in total. The quantitative estimate of drug-likeness (QED) is 0.553. The second-order valence-electron chi connectivity index (χ2n) is 2.70. The van der Waals surface area contributed by atoms with Crippen molar-refractivity contribution in [2.24, 2.45) is 0 Å². The highest BCUT2D eigenvalue weighted by Gasteiger charge is 2.10. The Labute approximate surface area is 80.0 Å². The van der Waals surface area contributed by atoms with Crippen LogP contribution in [0, 0.1) is 11.3 Å². The van der Waals surface area contributed by atoms with E-state index in [-0.39, 0.29) is 6.29 Å². The van der Waals surface area contributed by atoms with Crippen molar-refractivity contribution in [3.63, 3.8) is 0 Å². The molecule has 0 spiro atoms. The van der Waals surface area contributed by atoms with Crippen LogP contribution in [0.2, 0.25) is 0 Å². The van der Waals surface area contributed by atoms with Crippen molar-refractivity contribution in [3.8, 4) is 6.07 Å². The van der Waals surface area contributed by atoms with Gasteiger partial charge in [-0.1, -0.05) is 6.92 Å². The molecule has 0 aromatic rings. The normalized spacial score (nSPS) is 10.8. The lowest BCUT2D eigenvalue weighted by molar-refractivity contribution is -0.115. The standard InChI is InChI=1S/C9H18N2O2/c1-4-11(7-5-6-10)8-9(12-2)13-3/h9H,4-5,7-8H2,1-3H3. The van der Waals surface area contributed by atoms with Gasteiger partial charge in [0, 0.05) is 33.7 Å². The molecule has 0 aliphatic carbocycles. The van der Waals surface area contributed by atoms with E-state index < -0.39 is 0 Å². The molecule has 0 amide bonds. The van der Waals surface area contributed by atoms with E-state index in [0.29, 0.717) is 13.0 Å². The van der Waals surface area contributed by atoms with Gasteiger partial charge in [-0.05, 0) is 6.54 Å². The van der Waals surface area contributed by atoms with Crippen LogP contribution in [-0.4, -0.2) is 45.0 Å². The third-order valence-corrected chi connectivity index (χ3v) is 1.92. The first kappa shape index (κ1) is 12.4. The molecule has 0 heterocycles. The average Bonchev–Trinajstić information content (AvgIpc) is 2.19. The maximum absolute atomic E-state index is 8.42. The van der Waals surface area contributed by atoms with Crippen LogP contribution in [0.15, 0.2) is 0 Å². The zero-order valence-electron chi connectivity index (χ0n) is 8.62. The number of hydrogen-bond acceptors (Lipinski definition) is 4. The Bertz CT molecular complexity index is 152. The molecule has 13 heavy (non-hydrogen) atoms. The monoisotopic (exact) mass is 186 g/mol. The van der Waals surface area contributed by atoms with E-state index in [0.717, 1.165) is 13.1 Å². The number of nitrogens with zero attached hydrogens (tertiary/aromatic N) is 2. The van der Waals surface area contributed by atoms with Crippen LogP contribution < -0.4 is 0 Å². The topological polar surface area (TPSA) is 45.5 Å². The van der Waals surface area contributed by atoms with Crippen LogP contribution in [-0.2, 0) is 9.47 Å². The molecule has 0 saturated carbocycles. The third kappa shape index (κ3) is 5.58. The predicted molar refractivity (Wildman–Crippen MR) is 50.2 cm³/mol.